The molecule has 0 spiro atoms. The first-order valence-corrected chi connectivity index (χ1v) is 4.08. The van der Waals surface area contributed by atoms with E-state index in [1.54, 1.807) is 6.07 Å². The molecule has 0 atom stereocenters. The lowest BCUT2D eigenvalue weighted by Crippen LogP contribution is -2.04. The van der Waals surface area contributed by atoms with Crippen LogP contribution in [-0.4, -0.2) is 12.5 Å². The summed E-state index contributed by atoms with van der Waals surface area (Å²) in [6.07, 6.45) is 2.13. The maximum absolute atomic E-state index is 10.6. The summed E-state index contributed by atoms with van der Waals surface area (Å²) < 4.78 is 5.04. The molecule has 1 rings (SSSR count). The summed E-state index contributed by atoms with van der Waals surface area (Å²) in [4.78, 5) is 13.3. The van der Waals surface area contributed by atoms with E-state index in [-0.39, 0.29) is 5.91 Å². The Morgan fingerprint density at radius 1 is 1.79 bits per heavy atom. The van der Waals surface area contributed by atoms with E-state index < -0.39 is 0 Å². The van der Waals surface area contributed by atoms with Crippen LogP contribution in [0.25, 0.3) is 10.4 Å². The minimum atomic E-state index is -0.180. The van der Waals surface area contributed by atoms with E-state index in [1.165, 1.54) is 13.2 Å². The summed E-state index contributed by atoms with van der Waals surface area (Å²) >= 11 is 0. The number of nitrogens with zero attached hydrogens (tertiary/aromatic N) is 3. The summed E-state index contributed by atoms with van der Waals surface area (Å²) in [5.41, 5.74) is 8.94. The van der Waals surface area contributed by atoms with Crippen molar-refractivity contribution >= 4 is 11.8 Å². The fraction of sp³-hybridized carbons (Fsp3) is 0.375. The number of azide groups is 1. The molecule has 74 valence electrons. The average Bonchev–Trinajstić information content (AvgIpc) is 2.52. The molecule has 0 unspecified atom stereocenters. The topological polar surface area (TPSA) is 91.0 Å². The smallest absolute Gasteiger partial charge is 0.223 e. The third-order valence-electron chi connectivity index (χ3n) is 1.52. The second-order valence-corrected chi connectivity index (χ2v) is 2.70. The molecule has 1 aromatic heterocycles. The first-order chi connectivity index (χ1) is 6.72. The molecule has 0 radical (unpaired) electrons. The van der Waals surface area contributed by atoms with Gasteiger partial charge in [-0.25, -0.2) is 0 Å². The number of nitrogens with one attached hydrogen (secondary N) is 1. The molecule has 0 bridgehead atoms. The Balaban J connectivity index is 2.50. The predicted octanol–water partition coefficient (Wildman–Crippen LogP) is 2.09. The minimum Gasteiger partial charge on any atom is -0.448 e. The van der Waals surface area contributed by atoms with Gasteiger partial charge in [-0.3, -0.25) is 10.1 Å². The summed E-state index contributed by atoms with van der Waals surface area (Å²) in [6.45, 7) is 1.79. The fourth-order valence-corrected chi connectivity index (χ4v) is 0.970. The van der Waals surface area contributed by atoms with Crippen molar-refractivity contribution in [1.29, 1.82) is 0 Å². The molecule has 0 saturated carbocycles. The standard InChI is InChI=1S/C8H10N4O2/c1-6(13)11-8-4-7(5-14-8)2-3-10-12-9/h4-5H,2-3H2,1H3,(H,11,13). The van der Waals surface area contributed by atoms with Crippen LogP contribution in [0.4, 0.5) is 5.88 Å². The van der Waals surface area contributed by atoms with Gasteiger partial charge in [-0.15, -0.1) is 0 Å². The van der Waals surface area contributed by atoms with Crippen LogP contribution in [0.3, 0.4) is 0 Å². The number of anilines is 1. The van der Waals surface area contributed by atoms with Crippen LogP contribution in [0.2, 0.25) is 0 Å². The molecule has 1 N–H and O–H groups in total. The zero-order valence-corrected chi connectivity index (χ0v) is 7.73. The van der Waals surface area contributed by atoms with Gasteiger partial charge in [0.25, 0.3) is 0 Å². The fourth-order valence-electron chi connectivity index (χ4n) is 0.970. The number of hydrogen-bond acceptors (Lipinski definition) is 3. The van der Waals surface area contributed by atoms with E-state index in [0.717, 1.165) is 5.56 Å². The number of amides is 1. The van der Waals surface area contributed by atoms with Crippen molar-refractivity contribution in [2.75, 3.05) is 11.9 Å². The zero-order chi connectivity index (χ0) is 10.4. The predicted molar refractivity (Wildman–Crippen MR) is 50.7 cm³/mol. The van der Waals surface area contributed by atoms with Crippen molar-refractivity contribution in [3.05, 3.63) is 28.3 Å². The summed E-state index contributed by atoms with van der Waals surface area (Å²) in [6, 6.07) is 1.70. The van der Waals surface area contributed by atoms with Crippen LogP contribution in [-0.2, 0) is 11.2 Å². The third-order valence-corrected chi connectivity index (χ3v) is 1.52. The van der Waals surface area contributed by atoms with Crippen LogP contribution in [0.5, 0.6) is 0 Å². The van der Waals surface area contributed by atoms with Crippen LogP contribution < -0.4 is 5.32 Å². The molecule has 6 heteroatoms. The summed E-state index contributed by atoms with van der Waals surface area (Å²) in [5, 5.41) is 5.90. The van der Waals surface area contributed by atoms with Gasteiger partial charge in [-0.1, -0.05) is 5.11 Å². The normalized spacial score (nSPS) is 9.21. The SMILES string of the molecule is CC(=O)Nc1cc(CCN=[N+]=[N-])co1. The van der Waals surface area contributed by atoms with Gasteiger partial charge in [-0.2, -0.15) is 0 Å². The van der Waals surface area contributed by atoms with Crippen molar-refractivity contribution in [1.82, 2.24) is 0 Å². The van der Waals surface area contributed by atoms with Crippen LogP contribution in [0.15, 0.2) is 21.9 Å². The van der Waals surface area contributed by atoms with Gasteiger partial charge in [0.2, 0.25) is 5.91 Å². The van der Waals surface area contributed by atoms with Crippen LogP contribution in [0.1, 0.15) is 12.5 Å². The van der Waals surface area contributed by atoms with Gasteiger partial charge in [0.05, 0.1) is 6.26 Å². The molecule has 0 aliphatic heterocycles. The Bertz CT molecular complexity index is 365. The second kappa shape index (κ2) is 4.94. The summed E-state index contributed by atoms with van der Waals surface area (Å²) in [7, 11) is 0. The van der Waals surface area contributed by atoms with Crippen molar-refractivity contribution in [3.8, 4) is 0 Å². The third kappa shape index (κ3) is 3.20. The Kier molecular flexibility index (Phi) is 3.58. The maximum atomic E-state index is 10.6. The Labute approximate surface area is 80.5 Å². The van der Waals surface area contributed by atoms with E-state index >= 15 is 0 Å². The van der Waals surface area contributed by atoms with Gasteiger partial charge in [-0.05, 0) is 17.5 Å². The van der Waals surface area contributed by atoms with E-state index in [9.17, 15) is 4.79 Å². The van der Waals surface area contributed by atoms with Crippen molar-refractivity contribution in [3.63, 3.8) is 0 Å². The van der Waals surface area contributed by atoms with Gasteiger partial charge in [0.15, 0.2) is 5.88 Å². The molecule has 6 nitrogen and oxygen atoms in total. The molecule has 1 heterocycles. The molecular formula is C8H10N4O2. The number of rotatable bonds is 4. The molecule has 0 fully saturated rings. The zero-order valence-electron chi connectivity index (χ0n) is 7.73. The van der Waals surface area contributed by atoms with Gasteiger partial charge < -0.3 is 4.42 Å². The quantitative estimate of drug-likeness (QED) is 0.451. The molecule has 1 amide bonds. The Morgan fingerprint density at radius 2 is 2.57 bits per heavy atom. The van der Waals surface area contributed by atoms with Crippen LogP contribution in [0, 0.1) is 0 Å². The first-order valence-electron chi connectivity index (χ1n) is 4.08. The van der Waals surface area contributed by atoms with Gasteiger partial charge in [0.1, 0.15) is 0 Å². The largest absolute Gasteiger partial charge is 0.448 e. The van der Waals surface area contributed by atoms with E-state index in [2.05, 4.69) is 15.3 Å². The highest BCUT2D eigenvalue weighted by Crippen LogP contribution is 2.13. The monoisotopic (exact) mass is 194 g/mol. The second-order valence-electron chi connectivity index (χ2n) is 2.70. The van der Waals surface area contributed by atoms with Crippen LogP contribution >= 0.6 is 0 Å². The number of hydrogen-bond donors (Lipinski definition) is 1. The van der Waals surface area contributed by atoms with Gasteiger partial charge >= 0.3 is 0 Å². The molecular weight excluding hydrogens is 184 g/mol. The molecule has 1 aromatic rings. The highest BCUT2D eigenvalue weighted by Gasteiger charge is 2.01. The molecule has 14 heavy (non-hydrogen) atoms. The number of carbonyl (C=O) groups excluding carboxylic acids is 1. The summed E-state index contributed by atoms with van der Waals surface area (Å²) in [5.74, 6) is 0.231. The number of carbonyl (C=O) groups is 1. The lowest BCUT2D eigenvalue weighted by molar-refractivity contribution is -0.114. The van der Waals surface area contributed by atoms with E-state index in [4.69, 9.17) is 9.95 Å². The molecule has 0 aliphatic rings. The van der Waals surface area contributed by atoms with E-state index in [0.29, 0.717) is 18.8 Å². The molecule has 0 aliphatic carbocycles. The number of furan rings is 1. The Morgan fingerprint density at radius 3 is 3.21 bits per heavy atom. The average molecular weight is 194 g/mol. The van der Waals surface area contributed by atoms with Crippen molar-refractivity contribution in [2.24, 2.45) is 5.11 Å². The van der Waals surface area contributed by atoms with Gasteiger partial charge in [0, 0.05) is 24.4 Å². The first kappa shape index (κ1) is 10.1. The lowest BCUT2D eigenvalue weighted by Gasteiger charge is -1.92. The molecule has 0 saturated heterocycles. The maximum Gasteiger partial charge on any atom is 0.223 e. The highest BCUT2D eigenvalue weighted by molar-refractivity contribution is 5.87. The minimum absolute atomic E-state index is 0.180. The molecule has 0 aromatic carbocycles. The highest BCUT2D eigenvalue weighted by atomic mass is 16.3. The lowest BCUT2D eigenvalue weighted by atomic mass is 10.2. The Hall–Kier alpha value is -1.94. The van der Waals surface area contributed by atoms with E-state index in [1.807, 2.05) is 0 Å². The van der Waals surface area contributed by atoms with Crippen molar-refractivity contribution < 1.29 is 9.21 Å². The van der Waals surface area contributed by atoms with Crippen molar-refractivity contribution in [2.45, 2.75) is 13.3 Å².